The zero-order chi connectivity index (χ0) is 12.5. The molecule has 0 amide bonds. The summed E-state index contributed by atoms with van der Waals surface area (Å²) < 4.78 is 36.3. The summed E-state index contributed by atoms with van der Waals surface area (Å²) in [5, 5.41) is -0.265. The van der Waals surface area contributed by atoms with E-state index in [9.17, 15) is 8.42 Å². The first-order chi connectivity index (χ1) is 8.06. The van der Waals surface area contributed by atoms with E-state index in [2.05, 4.69) is 4.72 Å². The summed E-state index contributed by atoms with van der Waals surface area (Å²) in [4.78, 5) is 0. The first-order valence-corrected chi connectivity index (χ1v) is 6.85. The van der Waals surface area contributed by atoms with Crippen molar-refractivity contribution >= 4 is 15.7 Å². The molecule has 1 aromatic rings. The standard InChI is InChI=1S/C11H15NO4S/c1-15-8-3-6-11(16-2)10(7-8)12-17(13,14)9-4-5-9/h3,6-7,9,12H,4-5H2,1-2H3. The van der Waals surface area contributed by atoms with Crippen LogP contribution in [0.3, 0.4) is 0 Å². The van der Waals surface area contributed by atoms with Crippen molar-refractivity contribution in [3.8, 4) is 11.5 Å². The van der Waals surface area contributed by atoms with Gasteiger partial charge in [0.2, 0.25) is 10.0 Å². The highest BCUT2D eigenvalue weighted by Crippen LogP contribution is 2.34. The zero-order valence-corrected chi connectivity index (χ0v) is 10.6. The van der Waals surface area contributed by atoms with Crippen LogP contribution < -0.4 is 14.2 Å². The van der Waals surface area contributed by atoms with E-state index < -0.39 is 10.0 Å². The average Bonchev–Trinajstić information content (AvgIpc) is 3.12. The first-order valence-electron chi connectivity index (χ1n) is 5.30. The molecule has 0 saturated heterocycles. The third-order valence-corrected chi connectivity index (χ3v) is 4.48. The number of nitrogens with one attached hydrogen (secondary N) is 1. The van der Waals surface area contributed by atoms with Gasteiger partial charge in [-0.3, -0.25) is 4.72 Å². The van der Waals surface area contributed by atoms with Crippen molar-refractivity contribution in [1.82, 2.24) is 0 Å². The van der Waals surface area contributed by atoms with Crippen LogP contribution >= 0.6 is 0 Å². The van der Waals surface area contributed by atoms with Crippen LogP contribution in [0.4, 0.5) is 5.69 Å². The van der Waals surface area contributed by atoms with Crippen LogP contribution in [0.1, 0.15) is 12.8 Å². The van der Waals surface area contributed by atoms with Crippen molar-refractivity contribution in [2.75, 3.05) is 18.9 Å². The molecule has 1 N–H and O–H groups in total. The van der Waals surface area contributed by atoms with Gasteiger partial charge in [0.25, 0.3) is 0 Å². The van der Waals surface area contributed by atoms with Crippen LogP contribution in [0, 0.1) is 0 Å². The molecule has 5 nitrogen and oxygen atoms in total. The lowest BCUT2D eigenvalue weighted by Gasteiger charge is -2.12. The van der Waals surface area contributed by atoms with Gasteiger partial charge < -0.3 is 9.47 Å². The smallest absolute Gasteiger partial charge is 0.235 e. The summed E-state index contributed by atoms with van der Waals surface area (Å²) in [7, 11) is -0.258. The van der Waals surface area contributed by atoms with E-state index in [0.717, 1.165) is 12.8 Å². The van der Waals surface area contributed by atoms with E-state index in [0.29, 0.717) is 17.2 Å². The van der Waals surface area contributed by atoms with Gasteiger partial charge in [-0.2, -0.15) is 0 Å². The predicted molar refractivity (Wildman–Crippen MR) is 65.1 cm³/mol. The van der Waals surface area contributed by atoms with Gasteiger partial charge in [-0.05, 0) is 25.0 Å². The second-order valence-corrected chi connectivity index (χ2v) is 5.87. The molecular formula is C11H15NO4S. The van der Waals surface area contributed by atoms with Crippen LogP contribution in [0.25, 0.3) is 0 Å². The SMILES string of the molecule is COc1ccc(OC)c(NS(=O)(=O)C2CC2)c1. The van der Waals surface area contributed by atoms with Gasteiger partial charge in [0, 0.05) is 6.07 Å². The monoisotopic (exact) mass is 257 g/mol. The molecule has 0 atom stereocenters. The molecule has 0 radical (unpaired) electrons. The third-order valence-electron chi connectivity index (χ3n) is 2.62. The maximum atomic E-state index is 11.8. The molecule has 0 unspecified atom stereocenters. The van der Waals surface area contributed by atoms with Crippen LogP contribution in [-0.4, -0.2) is 27.9 Å². The zero-order valence-electron chi connectivity index (χ0n) is 9.76. The van der Waals surface area contributed by atoms with Gasteiger partial charge in [-0.1, -0.05) is 0 Å². The molecule has 0 bridgehead atoms. The fourth-order valence-corrected chi connectivity index (χ4v) is 2.90. The normalized spacial score (nSPS) is 15.4. The number of hydrogen-bond donors (Lipinski definition) is 1. The van der Waals surface area contributed by atoms with Crippen LogP contribution in [0.15, 0.2) is 18.2 Å². The number of ether oxygens (including phenoxy) is 2. The molecule has 0 aromatic heterocycles. The number of hydrogen-bond acceptors (Lipinski definition) is 4. The fourth-order valence-electron chi connectivity index (χ4n) is 1.51. The number of rotatable bonds is 5. The quantitative estimate of drug-likeness (QED) is 0.870. The molecule has 94 valence electrons. The Kier molecular flexibility index (Phi) is 3.15. The molecule has 2 rings (SSSR count). The minimum atomic E-state index is -3.28. The second-order valence-electron chi connectivity index (χ2n) is 3.91. The van der Waals surface area contributed by atoms with Crippen molar-refractivity contribution in [2.24, 2.45) is 0 Å². The summed E-state index contributed by atoms with van der Waals surface area (Å²) in [6, 6.07) is 5.00. The summed E-state index contributed by atoms with van der Waals surface area (Å²) in [6.07, 6.45) is 1.45. The van der Waals surface area contributed by atoms with E-state index in [4.69, 9.17) is 9.47 Å². The maximum absolute atomic E-state index is 11.8. The lowest BCUT2D eigenvalue weighted by molar-refractivity contribution is 0.405. The molecule has 0 spiro atoms. The van der Waals surface area contributed by atoms with Crippen molar-refractivity contribution < 1.29 is 17.9 Å². The molecule has 1 fully saturated rings. The molecule has 6 heteroatoms. The lowest BCUT2D eigenvalue weighted by atomic mass is 10.3. The fraction of sp³-hybridized carbons (Fsp3) is 0.455. The Bertz CT molecular complexity index is 508. The largest absolute Gasteiger partial charge is 0.497 e. The molecule has 0 heterocycles. The Morgan fingerprint density at radius 2 is 1.94 bits per heavy atom. The maximum Gasteiger partial charge on any atom is 0.235 e. The van der Waals surface area contributed by atoms with Crippen LogP contribution in [0.5, 0.6) is 11.5 Å². The van der Waals surface area contributed by atoms with Crippen molar-refractivity contribution in [3.63, 3.8) is 0 Å². The third kappa shape index (κ3) is 2.63. The molecule has 1 aliphatic carbocycles. The second kappa shape index (κ2) is 4.44. The Labute approximate surface area is 101 Å². The Morgan fingerprint density at radius 1 is 1.24 bits per heavy atom. The van der Waals surface area contributed by atoms with Gasteiger partial charge in [-0.25, -0.2) is 8.42 Å². The molecule has 1 aromatic carbocycles. The van der Waals surface area contributed by atoms with Crippen molar-refractivity contribution in [3.05, 3.63) is 18.2 Å². The minimum absolute atomic E-state index is 0.265. The minimum Gasteiger partial charge on any atom is -0.497 e. The number of benzene rings is 1. The predicted octanol–water partition coefficient (Wildman–Crippen LogP) is 1.61. The van der Waals surface area contributed by atoms with Crippen LogP contribution in [-0.2, 0) is 10.0 Å². The summed E-state index contributed by atoms with van der Waals surface area (Å²) >= 11 is 0. The summed E-state index contributed by atoms with van der Waals surface area (Å²) in [6.45, 7) is 0. The van der Waals surface area contributed by atoms with E-state index in [1.165, 1.54) is 14.2 Å². The van der Waals surface area contributed by atoms with E-state index in [1.807, 2.05) is 0 Å². The Hall–Kier alpha value is -1.43. The van der Waals surface area contributed by atoms with Crippen LogP contribution in [0.2, 0.25) is 0 Å². The lowest BCUT2D eigenvalue weighted by Crippen LogP contribution is -2.17. The number of sulfonamides is 1. The summed E-state index contributed by atoms with van der Waals surface area (Å²) in [5.74, 6) is 1.06. The van der Waals surface area contributed by atoms with Gasteiger partial charge in [0.1, 0.15) is 11.5 Å². The molecule has 1 saturated carbocycles. The summed E-state index contributed by atoms with van der Waals surface area (Å²) in [5.41, 5.74) is 0.416. The Morgan fingerprint density at radius 3 is 2.47 bits per heavy atom. The van der Waals surface area contributed by atoms with E-state index >= 15 is 0 Å². The Balaban J connectivity index is 2.29. The van der Waals surface area contributed by atoms with E-state index in [-0.39, 0.29) is 5.25 Å². The van der Waals surface area contributed by atoms with Gasteiger partial charge in [-0.15, -0.1) is 0 Å². The first kappa shape index (κ1) is 12.0. The van der Waals surface area contributed by atoms with Gasteiger partial charge in [0.15, 0.2) is 0 Å². The topological polar surface area (TPSA) is 64.6 Å². The molecular weight excluding hydrogens is 242 g/mol. The highest BCUT2D eigenvalue weighted by molar-refractivity contribution is 7.93. The molecule has 0 aliphatic heterocycles. The number of anilines is 1. The van der Waals surface area contributed by atoms with Gasteiger partial charge >= 0.3 is 0 Å². The highest BCUT2D eigenvalue weighted by Gasteiger charge is 2.36. The molecule has 1 aliphatic rings. The van der Waals surface area contributed by atoms with E-state index in [1.54, 1.807) is 18.2 Å². The van der Waals surface area contributed by atoms with Crippen molar-refractivity contribution in [1.29, 1.82) is 0 Å². The average molecular weight is 257 g/mol. The highest BCUT2D eigenvalue weighted by atomic mass is 32.2. The number of methoxy groups -OCH3 is 2. The molecule has 17 heavy (non-hydrogen) atoms. The van der Waals surface area contributed by atoms with Gasteiger partial charge in [0.05, 0.1) is 25.2 Å². The van der Waals surface area contributed by atoms with Crippen molar-refractivity contribution in [2.45, 2.75) is 18.1 Å².